The molecule has 2 unspecified atom stereocenters. The van der Waals surface area contributed by atoms with Crippen LogP contribution in [-0.4, -0.2) is 34.4 Å². The zero-order chi connectivity index (χ0) is 18.9. The molecule has 0 saturated carbocycles. The lowest BCUT2D eigenvalue weighted by molar-refractivity contribution is -0.0570. The fraction of sp³-hybridized carbons (Fsp3) is 0.435. The highest BCUT2D eigenvalue weighted by molar-refractivity contribution is 6.30. The first-order valence-corrected chi connectivity index (χ1v) is 10.3. The number of aliphatic hydroxyl groups is 1. The van der Waals surface area contributed by atoms with E-state index in [4.69, 9.17) is 11.6 Å². The number of hydrogen-bond acceptors (Lipinski definition) is 3. The number of nitrogens with zero attached hydrogens (tertiary/aromatic N) is 1. The number of carbonyl (C=O) groups excluding carboxylic acids is 1. The standard InChI is InChI=1S/C23H26ClNO2/c24-19-10-8-18(9-11-19)23(27)15-20-12-13-21(16-23)25(20)14-4-7-22(26)17-5-2-1-3-6-17/h1-3,5-6,8-11,20-21,27H,4,7,12-16H2. The monoisotopic (exact) mass is 383 g/mol. The molecular weight excluding hydrogens is 358 g/mol. The molecule has 2 heterocycles. The van der Waals surface area contributed by atoms with Gasteiger partial charge in [-0.25, -0.2) is 0 Å². The Bertz CT molecular complexity index is 776. The molecule has 2 aromatic rings. The molecule has 2 bridgehead atoms. The Balaban J connectivity index is 1.35. The highest BCUT2D eigenvalue weighted by atomic mass is 35.5. The Labute approximate surface area is 166 Å². The molecule has 4 heteroatoms. The third kappa shape index (κ3) is 3.96. The Morgan fingerprint density at radius 3 is 2.30 bits per heavy atom. The van der Waals surface area contributed by atoms with Crippen LogP contribution in [0.3, 0.4) is 0 Å². The summed E-state index contributed by atoms with van der Waals surface area (Å²) >= 11 is 6.00. The fourth-order valence-electron chi connectivity index (χ4n) is 4.87. The molecule has 3 nitrogen and oxygen atoms in total. The van der Waals surface area contributed by atoms with Crippen LogP contribution in [0.5, 0.6) is 0 Å². The van der Waals surface area contributed by atoms with E-state index < -0.39 is 5.60 Å². The van der Waals surface area contributed by atoms with Crippen LogP contribution < -0.4 is 0 Å². The van der Waals surface area contributed by atoms with Crippen molar-refractivity contribution < 1.29 is 9.90 Å². The summed E-state index contributed by atoms with van der Waals surface area (Å²) in [7, 11) is 0. The molecule has 1 N–H and O–H groups in total. The second-order valence-electron chi connectivity index (χ2n) is 7.96. The molecule has 0 radical (unpaired) electrons. The number of benzene rings is 2. The van der Waals surface area contributed by atoms with Crippen LogP contribution in [0.25, 0.3) is 0 Å². The first-order valence-electron chi connectivity index (χ1n) is 9.88. The average molecular weight is 384 g/mol. The highest BCUT2D eigenvalue weighted by Crippen LogP contribution is 2.45. The number of ketones is 1. The van der Waals surface area contributed by atoms with Gasteiger partial charge in [-0.3, -0.25) is 9.69 Å². The number of carbonyl (C=O) groups is 1. The van der Waals surface area contributed by atoms with E-state index in [0.29, 0.717) is 23.5 Å². The maximum Gasteiger partial charge on any atom is 0.162 e. The fourth-order valence-corrected chi connectivity index (χ4v) is 4.99. The van der Waals surface area contributed by atoms with E-state index in [1.54, 1.807) is 0 Å². The van der Waals surface area contributed by atoms with Crippen LogP contribution in [-0.2, 0) is 5.60 Å². The van der Waals surface area contributed by atoms with E-state index >= 15 is 0 Å². The molecule has 2 fully saturated rings. The van der Waals surface area contributed by atoms with Gasteiger partial charge in [-0.2, -0.15) is 0 Å². The Hall–Kier alpha value is -1.68. The van der Waals surface area contributed by atoms with Crippen LogP contribution in [0.4, 0.5) is 0 Å². The van der Waals surface area contributed by atoms with Crippen molar-refractivity contribution in [2.75, 3.05) is 6.54 Å². The van der Waals surface area contributed by atoms with E-state index in [-0.39, 0.29) is 5.78 Å². The van der Waals surface area contributed by atoms with Gasteiger partial charge >= 0.3 is 0 Å². The van der Waals surface area contributed by atoms with E-state index in [0.717, 1.165) is 49.8 Å². The van der Waals surface area contributed by atoms with Gasteiger partial charge in [-0.15, -0.1) is 0 Å². The third-order valence-corrected chi connectivity index (χ3v) is 6.47. The summed E-state index contributed by atoms with van der Waals surface area (Å²) in [6, 6.07) is 18.0. The minimum absolute atomic E-state index is 0.220. The van der Waals surface area contributed by atoms with Gasteiger partial charge in [-0.1, -0.05) is 54.1 Å². The number of hydrogen-bond donors (Lipinski definition) is 1. The van der Waals surface area contributed by atoms with Crippen molar-refractivity contribution >= 4 is 17.4 Å². The SMILES string of the molecule is O=C(CCCN1C2CCC1CC(O)(c1ccc(Cl)cc1)C2)c1ccccc1. The van der Waals surface area contributed by atoms with Gasteiger partial charge in [0.1, 0.15) is 0 Å². The van der Waals surface area contributed by atoms with Gasteiger partial charge in [0.05, 0.1) is 5.60 Å². The van der Waals surface area contributed by atoms with Crippen LogP contribution >= 0.6 is 11.6 Å². The van der Waals surface area contributed by atoms with E-state index in [1.165, 1.54) is 0 Å². The second-order valence-corrected chi connectivity index (χ2v) is 8.40. The predicted molar refractivity (Wildman–Crippen MR) is 108 cm³/mol. The van der Waals surface area contributed by atoms with Gasteiger partial charge in [0.2, 0.25) is 0 Å². The first kappa shape index (κ1) is 18.7. The molecule has 2 atom stereocenters. The topological polar surface area (TPSA) is 40.5 Å². The van der Waals surface area contributed by atoms with Crippen LogP contribution in [0, 0.1) is 0 Å². The van der Waals surface area contributed by atoms with Crippen molar-refractivity contribution in [2.24, 2.45) is 0 Å². The number of rotatable bonds is 6. The van der Waals surface area contributed by atoms with Crippen molar-refractivity contribution in [2.45, 2.75) is 56.2 Å². The molecule has 2 aliphatic rings. The minimum atomic E-state index is -0.757. The molecule has 2 aliphatic heterocycles. The molecule has 2 saturated heterocycles. The van der Waals surface area contributed by atoms with E-state index in [9.17, 15) is 9.90 Å². The van der Waals surface area contributed by atoms with Gasteiger partial charge in [0.15, 0.2) is 5.78 Å². The summed E-state index contributed by atoms with van der Waals surface area (Å²) in [5.41, 5.74) is 1.02. The van der Waals surface area contributed by atoms with Crippen LogP contribution in [0.15, 0.2) is 54.6 Å². The van der Waals surface area contributed by atoms with Gasteiger partial charge < -0.3 is 5.11 Å². The Kier molecular flexibility index (Phi) is 5.36. The maximum atomic E-state index is 12.3. The molecular formula is C23H26ClNO2. The van der Waals surface area contributed by atoms with Gasteiger partial charge in [0.25, 0.3) is 0 Å². The molecule has 0 amide bonds. The lowest BCUT2D eigenvalue weighted by atomic mass is 9.80. The van der Waals surface area contributed by atoms with Crippen molar-refractivity contribution in [1.29, 1.82) is 0 Å². The van der Waals surface area contributed by atoms with Gasteiger partial charge in [-0.05, 0) is 56.3 Å². The zero-order valence-electron chi connectivity index (χ0n) is 15.5. The second kappa shape index (κ2) is 7.75. The first-order chi connectivity index (χ1) is 13.0. The van der Waals surface area contributed by atoms with Gasteiger partial charge in [0, 0.05) is 29.1 Å². The minimum Gasteiger partial charge on any atom is -0.385 e. The maximum absolute atomic E-state index is 12.3. The van der Waals surface area contributed by atoms with Crippen molar-refractivity contribution in [3.05, 3.63) is 70.7 Å². The largest absolute Gasteiger partial charge is 0.385 e. The normalized spacial score (nSPS) is 27.6. The Morgan fingerprint density at radius 2 is 1.67 bits per heavy atom. The molecule has 142 valence electrons. The summed E-state index contributed by atoms with van der Waals surface area (Å²) in [5.74, 6) is 0.220. The summed E-state index contributed by atoms with van der Waals surface area (Å²) in [5, 5.41) is 12.0. The average Bonchev–Trinajstić information content (AvgIpc) is 2.93. The summed E-state index contributed by atoms with van der Waals surface area (Å²) in [6.07, 6.45) is 5.25. The quantitative estimate of drug-likeness (QED) is 0.727. The van der Waals surface area contributed by atoms with E-state index in [2.05, 4.69) is 4.90 Å². The van der Waals surface area contributed by atoms with Crippen molar-refractivity contribution in [3.8, 4) is 0 Å². The molecule has 0 spiro atoms. The summed E-state index contributed by atoms with van der Waals surface area (Å²) in [4.78, 5) is 14.8. The van der Waals surface area contributed by atoms with Crippen LogP contribution in [0.1, 0.15) is 54.4 Å². The smallest absolute Gasteiger partial charge is 0.162 e. The predicted octanol–water partition coefficient (Wildman–Crippen LogP) is 4.82. The molecule has 0 aromatic heterocycles. The van der Waals surface area contributed by atoms with Crippen molar-refractivity contribution in [3.63, 3.8) is 0 Å². The molecule has 0 aliphatic carbocycles. The summed E-state index contributed by atoms with van der Waals surface area (Å²) in [6.45, 7) is 0.935. The molecule has 27 heavy (non-hydrogen) atoms. The number of piperidine rings is 1. The molecule has 2 aromatic carbocycles. The molecule has 4 rings (SSSR count). The Morgan fingerprint density at radius 1 is 1.04 bits per heavy atom. The zero-order valence-corrected chi connectivity index (χ0v) is 16.2. The third-order valence-electron chi connectivity index (χ3n) is 6.22. The lowest BCUT2D eigenvalue weighted by Crippen LogP contribution is -2.49. The highest BCUT2D eigenvalue weighted by Gasteiger charge is 2.47. The van der Waals surface area contributed by atoms with Crippen molar-refractivity contribution in [1.82, 2.24) is 4.90 Å². The number of Topliss-reactive ketones (excluding diaryl/α,β-unsaturated/α-hetero) is 1. The van der Waals surface area contributed by atoms with Crippen LogP contribution in [0.2, 0.25) is 5.02 Å². The number of halogens is 1. The van der Waals surface area contributed by atoms with E-state index in [1.807, 2.05) is 54.6 Å². The number of fused-ring (bicyclic) bond motifs is 2. The lowest BCUT2D eigenvalue weighted by Gasteiger charge is -2.44. The summed E-state index contributed by atoms with van der Waals surface area (Å²) < 4.78 is 0.